The van der Waals surface area contributed by atoms with E-state index in [4.69, 9.17) is 0 Å². The lowest BCUT2D eigenvalue weighted by Gasteiger charge is -2.53. The second-order valence-corrected chi connectivity index (χ2v) is 9.60. The molecule has 0 bridgehead atoms. The average Bonchev–Trinajstić information content (AvgIpc) is 3.12. The third kappa shape index (κ3) is 1.77. The maximum atomic E-state index is 3.41. The highest BCUT2D eigenvalue weighted by Crippen LogP contribution is 2.65. The van der Waals surface area contributed by atoms with E-state index < -0.39 is 0 Å². The first-order valence-corrected chi connectivity index (χ1v) is 10.1. The van der Waals surface area contributed by atoms with Crippen LogP contribution in [0, 0.1) is 35.0 Å². The highest BCUT2D eigenvalue weighted by atomic mass is 14.7. The fourth-order valence-electron chi connectivity index (χ4n) is 7.39. The molecule has 0 amide bonds. The van der Waals surface area contributed by atoms with Crippen molar-refractivity contribution in [1.29, 1.82) is 0 Å². The lowest BCUT2D eigenvalue weighted by molar-refractivity contribution is -0.000117. The van der Waals surface area contributed by atoms with Gasteiger partial charge in [0.2, 0.25) is 0 Å². The van der Waals surface area contributed by atoms with Gasteiger partial charge in [-0.3, -0.25) is 0 Å². The van der Waals surface area contributed by atoms with Crippen LogP contribution in [0.3, 0.4) is 0 Å². The molecule has 2 aromatic rings. The summed E-state index contributed by atoms with van der Waals surface area (Å²) in [5.74, 6) is 5.26. The molecule has 24 heavy (non-hydrogen) atoms. The van der Waals surface area contributed by atoms with Crippen molar-refractivity contribution < 1.29 is 0 Å². The lowest BCUT2D eigenvalue weighted by Crippen LogP contribution is -2.45. The number of fused-ring (bicyclic) bond motifs is 7. The van der Waals surface area contributed by atoms with Gasteiger partial charge in [-0.05, 0) is 89.9 Å². The van der Waals surface area contributed by atoms with Crippen molar-refractivity contribution in [2.24, 2.45) is 35.0 Å². The maximum Gasteiger partial charge on any atom is 0.0456 e. The Bertz CT molecular complexity index is 786. The fourth-order valence-corrected chi connectivity index (χ4v) is 7.39. The fraction of sp³-hybridized carbons (Fsp3) is 0.652. The monoisotopic (exact) mass is 321 g/mol. The SMILES string of the molecule is CC1C[C@]2(C)C(C)C(C)CC2C2CCc3c(ccc4[nH]ccc34)C12. The molecule has 1 heteroatoms. The Hall–Kier alpha value is -1.24. The summed E-state index contributed by atoms with van der Waals surface area (Å²) in [4.78, 5) is 3.41. The van der Waals surface area contributed by atoms with Crippen molar-refractivity contribution in [2.75, 3.05) is 0 Å². The number of hydrogen-bond acceptors (Lipinski definition) is 0. The molecule has 3 aliphatic carbocycles. The normalized spacial score (nSPS) is 44.2. The van der Waals surface area contributed by atoms with Crippen molar-refractivity contribution in [2.45, 2.75) is 59.3 Å². The van der Waals surface area contributed by atoms with E-state index in [1.54, 1.807) is 11.1 Å². The van der Waals surface area contributed by atoms with E-state index in [-0.39, 0.29) is 0 Å². The molecule has 3 aliphatic rings. The Morgan fingerprint density at radius 1 is 1.08 bits per heavy atom. The molecule has 1 N–H and O–H groups in total. The molecule has 7 atom stereocenters. The van der Waals surface area contributed by atoms with Crippen LogP contribution in [0.5, 0.6) is 0 Å². The highest BCUT2D eigenvalue weighted by Gasteiger charge is 2.57. The molecule has 0 aliphatic heterocycles. The number of benzene rings is 1. The summed E-state index contributed by atoms with van der Waals surface area (Å²) in [6.45, 7) is 10.2. The van der Waals surface area contributed by atoms with E-state index >= 15 is 0 Å². The Kier molecular flexibility index (Phi) is 3.07. The van der Waals surface area contributed by atoms with Gasteiger partial charge in [-0.1, -0.05) is 33.8 Å². The van der Waals surface area contributed by atoms with Gasteiger partial charge in [0.1, 0.15) is 0 Å². The summed E-state index contributed by atoms with van der Waals surface area (Å²) < 4.78 is 0. The largest absolute Gasteiger partial charge is 0.361 e. The van der Waals surface area contributed by atoms with Crippen LogP contribution in [0.2, 0.25) is 0 Å². The van der Waals surface area contributed by atoms with Crippen LogP contribution >= 0.6 is 0 Å². The van der Waals surface area contributed by atoms with Crippen molar-refractivity contribution in [3.05, 3.63) is 35.5 Å². The van der Waals surface area contributed by atoms with Gasteiger partial charge >= 0.3 is 0 Å². The molecule has 0 spiro atoms. The Labute approximate surface area is 146 Å². The summed E-state index contributed by atoms with van der Waals surface area (Å²) >= 11 is 0. The predicted molar refractivity (Wildman–Crippen MR) is 101 cm³/mol. The molecule has 1 aromatic heterocycles. The van der Waals surface area contributed by atoms with E-state index in [1.807, 2.05) is 0 Å². The molecular weight excluding hydrogens is 290 g/mol. The Morgan fingerprint density at radius 3 is 2.75 bits per heavy atom. The third-order valence-electron chi connectivity index (χ3n) is 8.69. The minimum atomic E-state index is 0.579. The lowest BCUT2D eigenvalue weighted by atomic mass is 9.51. The zero-order valence-corrected chi connectivity index (χ0v) is 15.6. The highest BCUT2D eigenvalue weighted by molar-refractivity contribution is 5.84. The first kappa shape index (κ1) is 15.0. The molecule has 2 fully saturated rings. The topological polar surface area (TPSA) is 15.8 Å². The molecular formula is C23H31N. The van der Waals surface area contributed by atoms with E-state index in [9.17, 15) is 0 Å². The summed E-state index contributed by atoms with van der Waals surface area (Å²) in [6.07, 6.45) is 7.70. The minimum Gasteiger partial charge on any atom is -0.361 e. The smallest absolute Gasteiger partial charge is 0.0456 e. The third-order valence-corrected chi connectivity index (χ3v) is 8.69. The summed E-state index contributed by atoms with van der Waals surface area (Å²) in [5.41, 5.74) is 5.25. The van der Waals surface area contributed by atoms with Crippen molar-refractivity contribution in [3.8, 4) is 0 Å². The number of aromatic amines is 1. The Balaban J connectivity index is 1.62. The quantitative estimate of drug-likeness (QED) is 0.599. The van der Waals surface area contributed by atoms with Crippen molar-refractivity contribution in [1.82, 2.24) is 4.98 Å². The van der Waals surface area contributed by atoms with E-state index in [0.29, 0.717) is 5.41 Å². The average molecular weight is 322 g/mol. The summed E-state index contributed by atoms with van der Waals surface area (Å²) in [6, 6.07) is 7.09. The van der Waals surface area contributed by atoms with E-state index in [2.05, 4.69) is 57.1 Å². The molecule has 6 unspecified atom stereocenters. The first-order chi connectivity index (χ1) is 11.5. The van der Waals surface area contributed by atoms with E-state index in [0.717, 1.165) is 35.5 Å². The van der Waals surface area contributed by atoms with Gasteiger partial charge in [-0.15, -0.1) is 0 Å². The molecule has 1 heterocycles. The van der Waals surface area contributed by atoms with Gasteiger partial charge in [-0.2, -0.15) is 0 Å². The molecule has 5 rings (SSSR count). The van der Waals surface area contributed by atoms with Crippen molar-refractivity contribution >= 4 is 10.9 Å². The molecule has 0 saturated heterocycles. The molecule has 2 saturated carbocycles. The van der Waals surface area contributed by atoms with Crippen LogP contribution in [-0.4, -0.2) is 4.98 Å². The predicted octanol–water partition coefficient (Wildman–Crippen LogP) is 6.15. The van der Waals surface area contributed by atoms with Gasteiger partial charge in [-0.25, -0.2) is 0 Å². The van der Waals surface area contributed by atoms with Crippen LogP contribution in [-0.2, 0) is 6.42 Å². The number of aromatic nitrogens is 1. The number of H-pyrrole nitrogens is 1. The van der Waals surface area contributed by atoms with Crippen LogP contribution in [0.25, 0.3) is 10.9 Å². The van der Waals surface area contributed by atoms with Gasteiger partial charge in [0.05, 0.1) is 0 Å². The number of aryl methyl sites for hydroxylation is 1. The van der Waals surface area contributed by atoms with Gasteiger partial charge in [0, 0.05) is 17.1 Å². The molecule has 128 valence electrons. The van der Waals surface area contributed by atoms with Crippen molar-refractivity contribution in [3.63, 3.8) is 0 Å². The first-order valence-electron chi connectivity index (χ1n) is 10.1. The van der Waals surface area contributed by atoms with Gasteiger partial charge in [0.25, 0.3) is 0 Å². The number of nitrogens with one attached hydrogen (secondary N) is 1. The Morgan fingerprint density at radius 2 is 1.92 bits per heavy atom. The van der Waals surface area contributed by atoms with E-state index in [1.165, 1.54) is 36.6 Å². The minimum absolute atomic E-state index is 0.579. The molecule has 1 aromatic carbocycles. The number of rotatable bonds is 0. The molecule has 0 radical (unpaired) electrons. The maximum absolute atomic E-state index is 3.41. The zero-order chi connectivity index (χ0) is 16.6. The second kappa shape index (κ2) is 4.90. The summed E-state index contributed by atoms with van der Waals surface area (Å²) in [5, 5.41) is 1.49. The molecule has 1 nitrogen and oxygen atoms in total. The number of hydrogen-bond donors (Lipinski definition) is 1. The van der Waals surface area contributed by atoms with Crippen LogP contribution in [0.4, 0.5) is 0 Å². The van der Waals surface area contributed by atoms with Crippen LogP contribution < -0.4 is 0 Å². The van der Waals surface area contributed by atoms with Gasteiger partial charge in [0.15, 0.2) is 0 Å². The summed E-state index contributed by atoms with van der Waals surface area (Å²) in [7, 11) is 0. The van der Waals surface area contributed by atoms with Crippen LogP contribution in [0.15, 0.2) is 24.4 Å². The van der Waals surface area contributed by atoms with Gasteiger partial charge < -0.3 is 4.98 Å². The van der Waals surface area contributed by atoms with Crippen LogP contribution in [0.1, 0.15) is 64.0 Å². The standard InChI is InChI=1S/C23H31N/c1-13-11-20-19-6-5-16-17-9-10-24-21(17)8-7-18(16)22(19)14(2)12-23(20,4)15(13)3/h7-10,13-15,19-20,22,24H,5-6,11-12H2,1-4H3/t13?,14?,15?,19?,20?,22?,23-/m1/s1. The zero-order valence-electron chi connectivity index (χ0n) is 15.6. The second-order valence-electron chi connectivity index (χ2n) is 9.60.